The van der Waals surface area contributed by atoms with E-state index in [1.165, 1.54) is 29.3 Å². The maximum absolute atomic E-state index is 13.7. The zero-order valence-electron chi connectivity index (χ0n) is 18.2. The summed E-state index contributed by atoms with van der Waals surface area (Å²) in [6.07, 6.45) is -5.94. The molecule has 2 amide bonds. The predicted molar refractivity (Wildman–Crippen MR) is 122 cm³/mol. The molecule has 6 nitrogen and oxygen atoms in total. The highest BCUT2D eigenvalue weighted by molar-refractivity contribution is 6.32. The summed E-state index contributed by atoms with van der Waals surface area (Å²) in [5.41, 5.74) is 2.01. The van der Waals surface area contributed by atoms with Crippen LogP contribution in [0.5, 0.6) is 5.75 Å². The van der Waals surface area contributed by atoms with Crippen LogP contribution in [0.3, 0.4) is 0 Å². The first-order valence-electron chi connectivity index (χ1n) is 10.7. The molecule has 3 atom stereocenters. The van der Waals surface area contributed by atoms with Gasteiger partial charge in [-0.25, -0.2) is 9.96 Å². The Morgan fingerprint density at radius 3 is 2.26 bits per heavy atom. The van der Waals surface area contributed by atoms with E-state index in [1.807, 2.05) is 0 Å². The molecule has 2 fully saturated rings. The number of nitrogens with zero attached hydrogens (tertiary/aromatic N) is 2. The molecule has 0 N–H and O–H groups in total. The molecule has 0 aliphatic carbocycles. The number of alkyl halides is 3. The Morgan fingerprint density at radius 1 is 0.914 bits per heavy atom. The summed E-state index contributed by atoms with van der Waals surface area (Å²) >= 11 is 6.22. The summed E-state index contributed by atoms with van der Waals surface area (Å²) in [5.74, 6) is -2.35. The fourth-order valence-electron chi connectivity index (χ4n) is 4.49. The topological polar surface area (TPSA) is 59.1 Å². The predicted octanol–water partition coefficient (Wildman–Crippen LogP) is 5.60. The third-order valence-electron chi connectivity index (χ3n) is 6.06. The highest BCUT2D eigenvalue weighted by Gasteiger charge is 2.60. The molecule has 0 radical (unpaired) electrons. The van der Waals surface area contributed by atoms with Crippen LogP contribution in [-0.2, 0) is 14.4 Å². The zero-order chi connectivity index (χ0) is 24.9. The molecule has 0 aromatic heterocycles. The van der Waals surface area contributed by atoms with Crippen molar-refractivity contribution in [2.24, 2.45) is 5.92 Å². The number of carbonyl (C=O) groups excluding carboxylic acids is 2. The molecule has 0 bridgehead atoms. The van der Waals surface area contributed by atoms with Crippen molar-refractivity contribution in [1.29, 1.82) is 0 Å². The molecule has 35 heavy (non-hydrogen) atoms. The van der Waals surface area contributed by atoms with Crippen molar-refractivity contribution >= 4 is 34.8 Å². The molecule has 180 valence electrons. The number of anilines is 2. The number of benzene rings is 3. The summed E-state index contributed by atoms with van der Waals surface area (Å²) in [7, 11) is 0. The second kappa shape index (κ2) is 8.58. The van der Waals surface area contributed by atoms with Gasteiger partial charge in [-0.15, -0.1) is 13.2 Å². The highest BCUT2D eigenvalue weighted by atomic mass is 35.5. The molecule has 3 aromatic carbocycles. The van der Waals surface area contributed by atoms with Gasteiger partial charge in [-0.3, -0.25) is 14.4 Å². The molecule has 2 aliphatic rings. The molecule has 5 rings (SSSR count). The number of fused-ring (bicyclic) bond motifs is 1. The molecule has 3 aromatic rings. The normalized spacial score (nSPS) is 22.0. The number of hydrogen-bond donors (Lipinski definition) is 0. The van der Waals surface area contributed by atoms with Gasteiger partial charge in [-0.05, 0) is 54.4 Å². The van der Waals surface area contributed by atoms with Crippen molar-refractivity contribution in [2.45, 2.75) is 25.4 Å². The second-order valence-electron chi connectivity index (χ2n) is 8.17. The number of ether oxygens (including phenoxy) is 1. The largest absolute Gasteiger partial charge is 0.573 e. The average molecular weight is 503 g/mol. The second-order valence-corrected chi connectivity index (χ2v) is 8.58. The monoisotopic (exact) mass is 502 g/mol. The first-order chi connectivity index (χ1) is 16.7. The van der Waals surface area contributed by atoms with E-state index in [4.69, 9.17) is 16.4 Å². The van der Waals surface area contributed by atoms with Gasteiger partial charge in [0.1, 0.15) is 11.7 Å². The van der Waals surface area contributed by atoms with E-state index in [2.05, 4.69) is 4.74 Å². The molecule has 2 saturated heterocycles. The summed E-state index contributed by atoms with van der Waals surface area (Å²) in [5, 5.41) is 1.87. The minimum atomic E-state index is -4.83. The first kappa shape index (κ1) is 23.2. The van der Waals surface area contributed by atoms with Crippen LogP contribution < -0.4 is 14.7 Å². The minimum Gasteiger partial charge on any atom is -0.406 e. The summed E-state index contributed by atoms with van der Waals surface area (Å²) < 4.78 is 41.8. The van der Waals surface area contributed by atoms with Crippen LogP contribution in [-0.4, -0.2) is 24.3 Å². The van der Waals surface area contributed by atoms with Crippen LogP contribution in [0, 0.1) is 12.8 Å². The molecule has 0 spiro atoms. The van der Waals surface area contributed by atoms with E-state index >= 15 is 0 Å². The standard InChI is InChI=1S/C25H18ClF3N2O4/c1-14-18(26)8-5-9-19(14)30-23(32)20-21(15-10-12-17(13-11-15)34-25(27,28)29)31(35-22(20)24(30)33)16-6-3-2-4-7-16/h2-13,20-22H,1H3/t20-,21+,22-/m1/s1. The van der Waals surface area contributed by atoms with Gasteiger partial charge in [0.2, 0.25) is 5.91 Å². The van der Waals surface area contributed by atoms with Gasteiger partial charge in [0.25, 0.3) is 5.91 Å². The molecule has 2 heterocycles. The van der Waals surface area contributed by atoms with E-state index in [0.29, 0.717) is 27.5 Å². The number of carbonyl (C=O) groups is 2. The van der Waals surface area contributed by atoms with Gasteiger partial charge in [0, 0.05) is 5.02 Å². The van der Waals surface area contributed by atoms with Gasteiger partial charge in [0.05, 0.1) is 17.4 Å². The Morgan fingerprint density at radius 2 is 1.60 bits per heavy atom. The molecule has 2 aliphatic heterocycles. The van der Waals surface area contributed by atoms with E-state index in [0.717, 1.165) is 4.90 Å². The average Bonchev–Trinajstić information content (AvgIpc) is 3.32. The highest BCUT2D eigenvalue weighted by Crippen LogP contribution is 2.48. The van der Waals surface area contributed by atoms with Crippen LogP contribution in [0.15, 0.2) is 72.8 Å². The molecule has 0 saturated carbocycles. The number of imide groups is 1. The Hall–Kier alpha value is -3.56. The number of para-hydroxylation sites is 1. The number of rotatable bonds is 4. The lowest BCUT2D eigenvalue weighted by molar-refractivity contribution is -0.274. The third kappa shape index (κ3) is 4.11. The van der Waals surface area contributed by atoms with Crippen molar-refractivity contribution in [3.8, 4) is 5.75 Å². The number of amides is 2. The Kier molecular flexibility index (Phi) is 5.69. The Labute approximate surface area is 203 Å². The smallest absolute Gasteiger partial charge is 0.406 e. The molecular weight excluding hydrogens is 485 g/mol. The van der Waals surface area contributed by atoms with E-state index in [9.17, 15) is 22.8 Å². The van der Waals surface area contributed by atoms with Crippen LogP contribution >= 0.6 is 11.6 Å². The molecule has 10 heteroatoms. The summed E-state index contributed by atoms with van der Waals surface area (Å²) in [4.78, 5) is 34.2. The third-order valence-corrected chi connectivity index (χ3v) is 6.47. The maximum Gasteiger partial charge on any atom is 0.573 e. The summed E-state index contributed by atoms with van der Waals surface area (Å²) in [6.45, 7) is 1.71. The summed E-state index contributed by atoms with van der Waals surface area (Å²) in [6, 6.07) is 18.2. The van der Waals surface area contributed by atoms with Crippen molar-refractivity contribution in [2.75, 3.05) is 9.96 Å². The van der Waals surface area contributed by atoms with Gasteiger partial charge < -0.3 is 4.74 Å². The number of hydroxylamine groups is 1. The van der Waals surface area contributed by atoms with Gasteiger partial charge in [-0.2, -0.15) is 0 Å². The lowest BCUT2D eigenvalue weighted by Crippen LogP contribution is -2.37. The number of hydrogen-bond acceptors (Lipinski definition) is 5. The van der Waals surface area contributed by atoms with Crippen molar-refractivity contribution in [1.82, 2.24) is 0 Å². The van der Waals surface area contributed by atoms with Gasteiger partial charge in [-0.1, -0.05) is 48.0 Å². The van der Waals surface area contributed by atoms with E-state index < -0.39 is 42.0 Å². The van der Waals surface area contributed by atoms with Crippen molar-refractivity contribution in [3.63, 3.8) is 0 Å². The minimum absolute atomic E-state index is 0.365. The fourth-order valence-corrected chi connectivity index (χ4v) is 4.66. The van der Waals surface area contributed by atoms with Crippen molar-refractivity contribution < 1.29 is 32.3 Å². The van der Waals surface area contributed by atoms with Crippen LogP contribution in [0.25, 0.3) is 0 Å². The molecular formula is C25H18ClF3N2O4. The van der Waals surface area contributed by atoms with Crippen LogP contribution in [0.4, 0.5) is 24.5 Å². The van der Waals surface area contributed by atoms with Crippen molar-refractivity contribution in [3.05, 3.63) is 88.9 Å². The SMILES string of the molecule is Cc1c(Cl)cccc1N1C(=O)[C@H]2[C@@H](ON(c3ccccc3)[C@H]2c2ccc(OC(F)(F)F)cc2)C1=O. The number of halogens is 4. The zero-order valence-corrected chi connectivity index (χ0v) is 19.0. The lowest BCUT2D eigenvalue weighted by atomic mass is 9.90. The van der Waals surface area contributed by atoms with Crippen LogP contribution in [0.2, 0.25) is 5.02 Å². The first-order valence-corrected chi connectivity index (χ1v) is 11.0. The quantitative estimate of drug-likeness (QED) is 0.435. The lowest BCUT2D eigenvalue weighted by Gasteiger charge is -2.29. The maximum atomic E-state index is 13.7. The molecule has 0 unspecified atom stereocenters. The van der Waals surface area contributed by atoms with E-state index in [-0.39, 0.29) is 0 Å². The van der Waals surface area contributed by atoms with E-state index in [1.54, 1.807) is 55.5 Å². The van der Waals surface area contributed by atoms with Gasteiger partial charge >= 0.3 is 6.36 Å². The Bertz CT molecular complexity index is 1280. The fraction of sp³-hybridized carbons (Fsp3) is 0.200. The van der Waals surface area contributed by atoms with Crippen LogP contribution in [0.1, 0.15) is 17.2 Å². The van der Waals surface area contributed by atoms with Gasteiger partial charge in [0.15, 0.2) is 6.10 Å². The Balaban J connectivity index is 1.55.